The Morgan fingerprint density at radius 1 is 0.356 bits per heavy atom. The van der Waals surface area contributed by atoms with E-state index in [1.54, 1.807) is 0 Å². The first kappa shape index (κ1) is 34.8. The number of anilines is 3. The molecule has 9 aromatic carbocycles. The quantitative estimate of drug-likeness (QED) is 0.157. The van der Waals surface area contributed by atoms with Gasteiger partial charge >= 0.3 is 0 Å². The summed E-state index contributed by atoms with van der Waals surface area (Å²) in [7, 11) is 0. The summed E-state index contributed by atoms with van der Waals surface area (Å²) in [5.74, 6) is 0. The van der Waals surface area contributed by atoms with E-state index in [9.17, 15) is 0 Å². The molecule has 11 rings (SSSR count). The molecule has 280 valence electrons. The predicted molar refractivity (Wildman–Crippen MR) is 249 cm³/mol. The first-order chi connectivity index (χ1) is 29.0. The zero-order valence-corrected chi connectivity index (χ0v) is 33.2. The van der Waals surface area contributed by atoms with Crippen LogP contribution in [0.2, 0.25) is 0 Å². The van der Waals surface area contributed by atoms with Gasteiger partial charge in [-0.05, 0) is 116 Å². The van der Waals surface area contributed by atoms with E-state index in [1.807, 2.05) is 0 Å². The number of rotatable bonds is 7. The van der Waals surface area contributed by atoms with Crippen molar-refractivity contribution in [1.82, 2.24) is 4.57 Å². The molecule has 0 aliphatic heterocycles. The van der Waals surface area contributed by atoms with Crippen molar-refractivity contribution in [3.8, 4) is 50.2 Å². The van der Waals surface area contributed by atoms with Crippen molar-refractivity contribution in [2.24, 2.45) is 0 Å². The van der Waals surface area contributed by atoms with Crippen LogP contribution in [0.15, 0.2) is 218 Å². The molecule has 0 N–H and O–H groups in total. The van der Waals surface area contributed by atoms with E-state index in [1.165, 1.54) is 77.4 Å². The van der Waals surface area contributed by atoms with Crippen molar-refractivity contribution in [3.63, 3.8) is 0 Å². The second kappa shape index (κ2) is 13.9. The summed E-state index contributed by atoms with van der Waals surface area (Å²) in [6.45, 7) is 4.71. The Labute approximate surface area is 345 Å². The third-order valence-corrected chi connectivity index (χ3v) is 12.4. The molecule has 2 nitrogen and oxygen atoms in total. The summed E-state index contributed by atoms with van der Waals surface area (Å²) < 4.78 is 2.41. The van der Waals surface area contributed by atoms with Crippen molar-refractivity contribution in [3.05, 3.63) is 230 Å². The van der Waals surface area contributed by atoms with Gasteiger partial charge in [0.05, 0.1) is 11.0 Å². The molecule has 1 heterocycles. The molecule has 59 heavy (non-hydrogen) atoms. The molecular formula is C57H42N2. The third-order valence-electron chi connectivity index (χ3n) is 12.4. The SMILES string of the molecule is CC1(C)c2ccccc2-c2ccc(N(c3ccc(-c4ccccc4)cc3)c3ccc(-c4cccc5c4c4ccccc4n5-c4ccc(-c5ccccc5)cc4)cc3)cc21. The topological polar surface area (TPSA) is 8.17 Å². The molecule has 0 fully saturated rings. The van der Waals surface area contributed by atoms with Crippen LogP contribution < -0.4 is 4.90 Å². The summed E-state index contributed by atoms with van der Waals surface area (Å²) in [4.78, 5) is 2.41. The maximum atomic E-state index is 2.41. The first-order valence-corrected chi connectivity index (χ1v) is 20.5. The number of hydrogen-bond donors (Lipinski definition) is 0. The lowest BCUT2D eigenvalue weighted by atomic mass is 9.82. The lowest BCUT2D eigenvalue weighted by molar-refractivity contribution is 0.660. The summed E-state index contributed by atoms with van der Waals surface area (Å²) >= 11 is 0. The Morgan fingerprint density at radius 3 is 1.53 bits per heavy atom. The Bertz CT molecular complexity index is 3140. The largest absolute Gasteiger partial charge is 0.310 e. The van der Waals surface area contributed by atoms with Gasteiger partial charge in [-0.2, -0.15) is 0 Å². The maximum Gasteiger partial charge on any atom is 0.0547 e. The molecule has 0 spiro atoms. The number of aromatic nitrogens is 1. The van der Waals surface area contributed by atoms with Crippen LogP contribution in [0, 0.1) is 0 Å². The number of para-hydroxylation sites is 1. The number of nitrogens with zero attached hydrogens (tertiary/aromatic N) is 2. The van der Waals surface area contributed by atoms with Gasteiger partial charge in [-0.1, -0.05) is 172 Å². The monoisotopic (exact) mass is 754 g/mol. The lowest BCUT2D eigenvalue weighted by Gasteiger charge is -2.28. The van der Waals surface area contributed by atoms with E-state index in [0.29, 0.717) is 0 Å². The van der Waals surface area contributed by atoms with Gasteiger partial charge in [0.15, 0.2) is 0 Å². The molecule has 0 saturated carbocycles. The minimum absolute atomic E-state index is 0.101. The molecule has 1 aliphatic carbocycles. The number of fused-ring (bicyclic) bond motifs is 6. The van der Waals surface area contributed by atoms with E-state index in [2.05, 4.69) is 242 Å². The molecule has 1 aliphatic rings. The van der Waals surface area contributed by atoms with Gasteiger partial charge in [0.1, 0.15) is 0 Å². The fourth-order valence-electron chi connectivity index (χ4n) is 9.47. The molecule has 0 atom stereocenters. The second-order valence-electron chi connectivity index (χ2n) is 16.2. The van der Waals surface area contributed by atoms with Crippen molar-refractivity contribution < 1.29 is 0 Å². The Kier molecular flexibility index (Phi) is 8.20. The molecule has 0 unspecified atom stereocenters. The minimum atomic E-state index is -0.101. The zero-order valence-electron chi connectivity index (χ0n) is 33.2. The van der Waals surface area contributed by atoms with E-state index in [4.69, 9.17) is 0 Å². The van der Waals surface area contributed by atoms with Crippen LogP contribution in [0.1, 0.15) is 25.0 Å². The van der Waals surface area contributed by atoms with Crippen molar-refractivity contribution >= 4 is 38.9 Å². The average molecular weight is 755 g/mol. The molecule has 2 heteroatoms. The van der Waals surface area contributed by atoms with E-state index in [0.717, 1.165) is 22.7 Å². The van der Waals surface area contributed by atoms with Crippen LogP contribution >= 0.6 is 0 Å². The highest BCUT2D eigenvalue weighted by molar-refractivity contribution is 6.15. The number of hydrogen-bond acceptors (Lipinski definition) is 1. The maximum absolute atomic E-state index is 2.41. The Morgan fingerprint density at radius 2 is 0.847 bits per heavy atom. The number of benzene rings is 9. The van der Waals surface area contributed by atoms with Gasteiger partial charge < -0.3 is 9.47 Å². The van der Waals surface area contributed by atoms with Crippen LogP contribution in [0.5, 0.6) is 0 Å². The Balaban J connectivity index is 1.02. The summed E-state index contributed by atoms with van der Waals surface area (Å²) in [6, 6.07) is 79.7. The van der Waals surface area contributed by atoms with Gasteiger partial charge in [0.25, 0.3) is 0 Å². The normalized spacial score (nSPS) is 12.7. The van der Waals surface area contributed by atoms with Gasteiger partial charge in [-0.15, -0.1) is 0 Å². The fourth-order valence-corrected chi connectivity index (χ4v) is 9.47. The Hall–Kier alpha value is -7.42. The molecule has 0 bridgehead atoms. The summed E-state index contributed by atoms with van der Waals surface area (Å²) in [5.41, 5.74) is 19.5. The summed E-state index contributed by atoms with van der Waals surface area (Å²) in [6.07, 6.45) is 0. The van der Waals surface area contributed by atoms with E-state index < -0.39 is 0 Å². The van der Waals surface area contributed by atoms with Gasteiger partial charge in [-0.25, -0.2) is 0 Å². The minimum Gasteiger partial charge on any atom is -0.310 e. The van der Waals surface area contributed by atoms with Crippen molar-refractivity contribution in [1.29, 1.82) is 0 Å². The first-order valence-electron chi connectivity index (χ1n) is 20.5. The van der Waals surface area contributed by atoms with E-state index >= 15 is 0 Å². The average Bonchev–Trinajstić information content (AvgIpc) is 3.76. The van der Waals surface area contributed by atoms with E-state index in [-0.39, 0.29) is 5.41 Å². The van der Waals surface area contributed by atoms with Crippen LogP contribution in [0.4, 0.5) is 17.1 Å². The fraction of sp³-hybridized carbons (Fsp3) is 0.0526. The van der Waals surface area contributed by atoms with Crippen LogP contribution in [-0.2, 0) is 5.41 Å². The van der Waals surface area contributed by atoms with Crippen molar-refractivity contribution in [2.75, 3.05) is 4.90 Å². The molecule has 0 amide bonds. The highest BCUT2D eigenvalue weighted by Crippen LogP contribution is 2.51. The van der Waals surface area contributed by atoms with Crippen LogP contribution in [0.25, 0.3) is 72.0 Å². The van der Waals surface area contributed by atoms with Gasteiger partial charge in [0, 0.05) is 38.9 Å². The van der Waals surface area contributed by atoms with Crippen molar-refractivity contribution in [2.45, 2.75) is 19.3 Å². The smallest absolute Gasteiger partial charge is 0.0547 e. The third kappa shape index (κ3) is 5.79. The highest BCUT2D eigenvalue weighted by Gasteiger charge is 2.35. The molecular weight excluding hydrogens is 713 g/mol. The lowest BCUT2D eigenvalue weighted by Crippen LogP contribution is -2.16. The standard InChI is InChI=1S/C57H42N2/c1-57(2)52-21-11-9-18-49(52)50-37-36-47(38-53(50)57)58(44-30-24-41(25-31-44)39-14-5-3-6-15-39)45-34-28-43(29-35-45)48-20-13-23-55-56(48)51-19-10-12-22-54(51)59(55)46-32-26-42(27-33-46)40-16-7-4-8-17-40/h3-38H,1-2H3. The predicted octanol–water partition coefficient (Wildman–Crippen LogP) is 15.6. The second-order valence-corrected chi connectivity index (χ2v) is 16.2. The van der Waals surface area contributed by atoms with Crippen LogP contribution in [-0.4, -0.2) is 4.57 Å². The molecule has 10 aromatic rings. The highest BCUT2D eigenvalue weighted by atomic mass is 15.1. The summed E-state index contributed by atoms with van der Waals surface area (Å²) in [5, 5.41) is 2.51. The van der Waals surface area contributed by atoms with Crippen LogP contribution in [0.3, 0.4) is 0 Å². The molecule has 1 aromatic heterocycles. The molecule has 0 saturated heterocycles. The van der Waals surface area contributed by atoms with Gasteiger partial charge in [-0.3, -0.25) is 0 Å². The molecule has 0 radical (unpaired) electrons. The van der Waals surface area contributed by atoms with Gasteiger partial charge in [0.2, 0.25) is 0 Å². The zero-order chi connectivity index (χ0) is 39.5.